The highest BCUT2D eigenvalue weighted by atomic mass is 35.5. The summed E-state index contributed by atoms with van der Waals surface area (Å²) in [5, 5.41) is 12.6. The van der Waals surface area contributed by atoms with Crippen molar-refractivity contribution >= 4 is 11.6 Å². The molecular weight excluding hydrogens is 260 g/mol. The summed E-state index contributed by atoms with van der Waals surface area (Å²) in [6.45, 7) is 9.10. The Morgan fingerprint density at radius 3 is 2.79 bits per heavy atom. The lowest BCUT2D eigenvalue weighted by Crippen LogP contribution is -2.19. The summed E-state index contributed by atoms with van der Waals surface area (Å²) in [4.78, 5) is 0. The first-order chi connectivity index (χ1) is 9.06. The van der Waals surface area contributed by atoms with Gasteiger partial charge in [0.25, 0.3) is 0 Å². The molecule has 1 heterocycles. The average molecular weight is 279 g/mol. The lowest BCUT2D eigenvalue weighted by molar-refractivity contribution is 0.579. The average Bonchev–Trinajstić information content (AvgIpc) is 2.75. The van der Waals surface area contributed by atoms with Gasteiger partial charge in [0.1, 0.15) is 5.69 Å². The lowest BCUT2D eigenvalue weighted by Gasteiger charge is -2.11. The molecule has 0 radical (unpaired) electrons. The lowest BCUT2D eigenvalue weighted by atomic mass is 10.1. The minimum Gasteiger partial charge on any atom is -0.309 e. The maximum Gasteiger partial charge on any atom is 0.103 e. The second-order valence-electron chi connectivity index (χ2n) is 4.64. The second kappa shape index (κ2) is 5.72. The van der Waals surface area contributed by atoms with E-state index >= 15 is 0 Å². The summed E-state index contributed by atoms with van der Waals surface area (Å²) in [5.74, 6) is 0. The Kier molecular flexibility index (Phi) is 4.22. The van der Waals surface area contributed by atoms with E-state index in [0.717, 1.165) is 34.2 Å². The summed E-state index contributed by atoms with van der Waals surface area (Å²) < 4.78 is 1.85. The number of halogens is 1. The Hall–Kier alpha value is -1.39. The summed E-state index contributed by atoms with van der Waals surface area (Å²) in [5.41, 5.74) is 4.01. The molecule has 1 aromatic heterocycles. The van der Waals surface area contributed by atoms with Gasteiger partial charge in [-0.15, -0.1) is 5.10 Å². The monoisotopic (exact) mass is 278 g/mol. The van der Waals surface area contributed by atoms with Crippen molar-refractivity contribution in [3.8, 4) is 5.69 Å². The van der Waals surface area contributed by atoms with E-state index in [0.29, 0.717) is 0 Å². The van der Waals surface area contributed by atoms with Crippen LogP contribution < -0.4 is 5.32 Å². The number of benzene rings is 1. The Balaban J connectivity index is 2.44. The van der Waals surface area contributed by atoms with Crippen LogP contribution in [0.2, 0.25) is 5.02 Å². The highest BCUT2D eigenvalue weighted by Crippen LogP contribution is 2.24. The number of rotatable bonds is 4. The van der Waals surface area contributed by atoms with Crippen LogP contribution in [0, 0.1) is 13.8 Å². The molecule has 1 atom stereocenters. The van der Waals surface area contributed by atoms with Gasteiger partial charge in [-0.3, -0.25) is 0 Å². The van der Waals surface area contributed by atoms with Gasteiger partial charge in [0.15, 0.2) is 0 Å². The van der Waals surface area contributed by atoms with Crippen LogP contribution >= 0.6 is 11.6 Å². The first-order valence-corrected chi connectivity index (χ1v) is 6.85. The minimum absolute atomic E-state index is 0.193. The Bertz CT molecular complexity index is 577. The number of hydrogen-bond acceptors (Lipinski definition) is 3. The molecule has 0 saturated heterocycles. The van der Waals surface area contributed by atoms with Crippen LogP contribution in [0.15, 0.2) is 18.2 Å². The van der Waals surface area contributed by atoms with Crippen molar-refractivity contribution in [2.45, 2.75) is 33.7 Å². The predicted octanol–water partition coefficient (Wildman–Crippen LogP) is 3.21. The fraction of sp³-hybridized carbons (Fsp3) is 0.429. The van der Waals surface area contributed by atoms with Crippen LogP contribution in [0.5, 0.6) is 0 Å². The number of nitrogens with zero attached hydrogens (tertiary/aromatic N) is 3. The maximum atomic E-state index is 6.16. The van der Waals surface area contributed by atoms with E-state index in [-0.39, 0.29) is 6.04 Å². The molecule has 4 nitrogen and oxygen atoms in total. The van der Waals surface area contributed by atoms with Gasteiger partial charge in [0, 0.05) is 5.02 Å². The molecule has 1 unspecified atom stereocenters. The summed E-state index contributed by atoms with van der Waals surface area (Å²) in [7, 11) is 0. The summed E-state index contributed by atoms with van der Waals surface area (Å²) in [6, 6.07) is 6.01. The molecule has 1 N–H and O–H groups in total. The molecule has 5 heteroatoms. The smallest absolute Gasteiger partial charge is 0.103 e. The largest absolute Gasteiger partial charge is 0.309 e. The molecule has 0 aliphatic carbocycles. The standard InChI is InChI=1S/C14H19ClN4/c1-5-16-10(3)14-11(4)19(18-17-14)13-8-6-7-12(15)9(13)2/h6-8,10,16H,5H2,1-4H3. The Labute approximate surface area is 118 Å². The molecule has 0 fully saturated rings. The normalized spacial score (nSPS) is 12.7. The topological polar surface area (TPSA) is 42.7 Å². The van der Waals surface area contributed by atoms with Crippen LogP contribution in [0.25, 0.3) is 5.69 Å². The molecule has 0 bridgehead atoms. The molecule has 0 amide bonds. The maximum absolute atomic E-state index is 6.16. The van der Waals surface area contributed by atoms with Crippen LogP contribution in [0.3, 0.4) is 0 Å². The van der Waals surface area contributed by atoms with E-state index in [2.05, 4.69) is 29.5 Å². The van der Waals surface area contributed by atoms with Crippen molar-refractivity contribution < 1.29 is 0 Å². The molecule has 2 rings (SSSR count). The highest BCUT2D eigenvalue weighted by Gasteiger charge is 2.16. The van der Waals surface area contributed by atoms with Gasteiger partial charge in [-0.05, 0) is 45.0 Å². The summed E-state index contributed by atoms with van der Waals surface area (Å²) >= 11 is 6.16. The van der Waals surface area contributed by atoms with E-state index in [1.54, 1.807) is 0 Å². The van der Waals surface area contributed by atoms with E-state index < -0.39 is 0 Å². The van der Waals surface area contributed by atoms with Gasteiger partial charge in [-0.1, -0.05) is 29.8 Å². The Morgan fingerprint density at radius 1 is 1.37 bits per heavy atom. The number of hydrogen-bond donors (Lipinski definition) is 1. The summed E-state index contributed by atoms with van der Waals surface area (Å²) in [6.07, 6.45) is 0. The van der Waals surface area contributed by atoms with Crippen molar-refractivity contribution in [3.05, 3.63) is 40.2 Å². The van der Waals surface area contributed by atoms with Crippen molar-refractivity contribution in [1.82, 2.24) is 20.3 Å². The second-order valence-corrected chi connectivity index (χ2v) is 5.04. The van der Waals surface area contributed by atoms with Gasteiger partial charge in [0.2, 0.25) is 0 Å². The number of aromatic nitrogens is 3. The van der Waals surface area contributed by atoms with Gasteiger partial charge in [-0.25, -0.2) is 4.68 Å². The van der Waals surface area contributed by atoms with Crippen LogP contribution in [-0.4, -0.2) is 21.5 Å². The molecule has 102 valence electrons. The predicted molar refractivity (Wildman–Crippen MR) is 77.9 cm³/mol. The van der Waals surface area contributed by atoms with Crippen molar-refractivity contribution in [1.29, 1.82) is 0 Å². The van der Waals surface area contributed by atoms with E-state index in [4.69, 9.17) is 11.6 Å². The molecular formula is C14H19ClN4. The van der Waals surface area contributed by atoms with E-state index in [1.165, 1.54) is 0 Å². The van der Waals surface area contributed by atoms with Crippen molar-refractivity contribution in [3.63, 3.8) is 0 Å². The SMILES string of the molecule is CCNC(C)c1nnn(-c2cccc(Cl)c2C)c1C. The van der Waals surface area contributed by atoms with Gasteiger partial charge < -0.3 is 5.32 Å². The quantitative estimate of drug-likeness (QED) is 0.934. The van der Waals surface area contributed by atoms with Crippen molar-refractivity contribution in [2.75, 3.05) is 6.54 Å². The number of nitrogens with one attached hydrogen (secondary N) is 1. The first-order valence-electron chi connectivity index (χ1n) is 6.47. The van der Waals surface area contributed by atoms with Gasteiger partial charge >= 0.3 is 0 Å². The molecule has 0 aliphatic heterocycles. The molecule has 19 heavy (non-hydrogen) atoms. The first kappa shape index (κ1) is 14.0. The van der Waals surface area contributed by atoms with Gasteiger partial charge in [-0.2, -0.15) is 0 Å². The fourth-order valence-corrected chi connectivity index (χ4v) is 2.37. The third kappa shape index (κ3) is 2.65. The van der Waals surface area contributed by atoms with E-state index in [1.807, 2.05) is 36.7 Å². The zero-order valence-corrected chi connectivity index (χ0v) is 12.5. The van der Waals surface area contributed by atoms with Crippen LogP contribution in [-0.2, 0) is 0 Å². The molecule has 0 spiro atoms. The minimum atomic E-state index is 0.193. The van der Waals surface area contributed by atoms with E-state index in [9.17, 15) is 0 Å². The van der Waals surface area contributed by atoms with Gasteiger partial charge in [0.05, 0.1) is 17.4 Å². The molecule has 0 saturated carbocycles. The van der Waals surface area contributed by atoms with Crippen LogP contribution in [0.1, 0.15) is 36.8 Å². The fourth-order valence-electron chi connectivity index (χ4n) is 2.20. The third-order valence-electron chi connectivity index (χ3n) is 3.32. The highest BCUT2D eigenvalue weighted by molar-refractivity contribution is 6.31. The zero-order valence-electron chi connectivity index (χ0n) is 11.7. The molecule has 1 aromatic carbocycles. The van der Waals surface area contributed by atoms with Crippen LogP contribution in [0.4, 0.5) is 0 Å². The molecule has 2 aromatic rings. The Morgan fingerprint density at radius 2 is 2.11 bits per heavy atom. The van der Waals surface area contributed by atoms with Crippen molar-refractivity contribution in [2.24, 2.45) is 0 Å². The zero-order chi connectivity index (χ0) is 14.0. The third-order valence-corrected chi connectivity index (χ3v) is 3.73. The molecule has 0 aliphatic rings.